The Kier molecular flexibility index (Phi) is 5.17. The van der Waals surface area contributed by atoms with Crippen LogP contribution in [0.15, 0.2) is 35.4 Å². The summed E-state index contributed by atoms with van der Waals surface area (Å²) in [7, 11) is 1.60. The van der Waals surface area contributed by atoms with Gasteiger partial charge in [0.1, 0.15) is 17.1 Å². The number of benzene rings is 1. The minimum Gasteiger partial charge on any atom is -0.496 e. The lowest BCUT2D eigenvalue weighted by molar-refractivity contribution is -0.121. The van der Waals surface area contributed by atoms with E-state index >= 15 is 0 Å². The number of aryl methyl sites for hydroxylation is 1. The standard InChI is InChI=1S/C21H23N3O3S/c1-13-7-8-15-17(9-13)28-20-19(15)21(26)24(12-23-20)11-18(25)22-10-14-5-3-4-6-16(14)27-2/h3-6,12-13H,7-11H2,1-2H3,(H,22,25)/t13-/m0/s1. The Bertz CT molecular complexity index is 1090. The normalized spacial score (nSPS) is 16.0. The molecule has 0 fully saturated rings. The van der Waals surface area contributed by atoms with Gasteiger partial charge < -0.3 is 10.1 Å². The van der Waals surface area contributed by atoms with Gasteiger partial charge in [-0.25, -0.2) is 4.98 Å². The van der Waals surface area contributed by atoms with Crippen molar-refractivity contribution in [2.75, 3.05) is 7.11 Å². The predicted molar refractivity (Wildman–Crippen MR) is 110 cm³/mol. The van der Waals surface area contributed by atoms with Gasteiger partial charge in [0.15, 0.2) is 0 Å². The lowest BCUT2D eigenvalue weighted by Gasteiger charge is -2.17. The summed E-state index contributed by atoms with van der Waals surface area (Å²) < 4.78 is 6.71. The summed E-state index contributed by atoms with van der Waals surface area (Å²) in [5.74, 6) is 1.14. The van der Waals surface area contributed by atoms with Gasteiger partial charge in [0.05, 0.1) is 18.8 Å². The van der Waals surface area contributed by atoms with Crippen LogP contribution in [-0.4, -0.2) is 22.6 Å². The Balaban J connectivity index is 1.52. The quantitative estimate of drug-likeness (QED) is 0.718. The zero-order valence-corrected chi connectivity index (χ0v) is 16.8. The Hall–Kier alpha value is -2.67. The summed E-state index contributed by atoms with van der Waals surface area (Å²) in [5.41, 5.74) is 1.91. The maximum atomic E-state index is 13.0. The molecule has 0 saturated heterocycles. The van der Waals surface area contributed by atoms with Gasteiger partial charge in [0.25, 0.3) is 5.56 Å². The first-order chi connectivity index (χ1) is 13.6. The largest absolute Gasteiger partial charge is 0.496 e. The smallest absolute Gasteiger partial charge is 0.262 e. The first kappa shape index (κ1) is 18.7. The molecule has 7 heteroatoms. The van der Waals surface area contributed by atoms with Gasteiger partial charge in [-0.3, -0.25) is 14.2 Å². The number of hydrogen-bond donors (Lipinski definition) is 1. The molecule has 146 valence electrons. The summed E-state index contributed by atoms with van der Waals surface area (Å²) in [6.45, 7) is 2.54. The summed E-state index contributed by atoms with van der Waals surface area (Å²) in [4.78, 5) is 31.9. The number of para-hydroxylation sites is 1. The number of aromatic nitrogens is 2. The number of ether oxygens (including phenoxy) is 1. The third-order valence-electron chi connectivity index (χ3n) is 5.26. The van der Waals surface area contributed by atoms with Crippen LogP contribution in [-0.2, 0) is 30.7 Å². The van der Waals surface area contributed by atoms with Gasteiger partial charge in [0.2, 0.25) is 5.91 Å². The molecule has 6 nitrogen and oxygen atoms in total. The van der Waals surface area contributed by atoms with E-state index < -0.39 is 0 Å². The fraction of sp³-hybridized carbons (Fsp3) is 0.381. The highest BCUT2D eigenvalue weighted by Gasteiger charge is 2.23. The molecule has 1 N–H and O–H groups in total. The van der Waals surface area contributed by atoms with Gasteiger partial charge in [-0.1, -0.05) is 25.1 Å². The van der Waals surface area contributed by atoms with Crippen LogP contribution in [0.3, 0.4) is 0 Å². The molecule has 1 aliphatic carbocycles. The molecule has 1 aliphatic rings. The van der Waals surface area contributed by atoms with Crippen LogP contribution >= 0.6 is 11.3 Å². The van der Waals surface area contributed by atoms with Gasteiger partial charge in [-0.2, -0.15) is 0 Å². The zero-order chi connectivity index (χ0) is 19.7. The maximum Gasteiger partial charge on any atom is 0.262 e. The van der Waals surface area contributed by atoms with E-state index in [1.807, 2.05) is 24.3 Å². The van der Waals surface area contributed by atoms with Crippen LogP contribution in [0, 0.1) is 5.92 Å². The van der Waals surface area contributed by atoms with Crippen LogP contribution in [0.4, 0.5) is 0 Å². The van der Waals surface area contributed by atoms with Crippen molar-refractivity contribution in [3.05, 3.63) is 57.0 Å². The van der Waals surface area contributed by atoms with Gasteiger partial charge in [0, 0.05) is 17.0 Å². The molecule has 1 amide bonds. The lowest BCUT2D eigenvalue weighted by Crippen LogP contribution is -2.32. The first-order valence-electron chi connectivity index (χ1n) is 9.45. The van der Waals surface area contributed by atoms with Gasteiger partial charge >= 0.3 is 0 Å². The van der Waals surface area contributed by atoms with Crippen molar-refractivity contribution in [1.29, 1.82) is 0 Å². The first-order valence-corrected chi connectivity index (χ1v) is 10.3. The Labute approximate surface area is 167 Å². The van der Waals surface area contributed by atoms with Crippen LogP contribution in [0.1, 0.15) is 29.3 Å². The fourth-order valence-electron chi connectivity index (χ4n) is 3.73. The van der Waals surface area contributed by atoms with Crippen LogP contribution in [0.2, 0.25) is 0 Å². The lowest BCUT2D eigenvalue weighted by atomic mass is 9.89. The molecule has 0 unspecified atom stereocenters. The van der Waals surface area contributed by atoms with Crippen LogP contribution in [0.25, 0.3) is 10.2 Å². The molecule has 1 atom stereocenters. The topological polar surface area (TPSA) is 73.2 Å². The van der Waals surface area contributed by atoms with Crippen molar-refractivity contribution in [2.45, 2.75) is 39.3 Å². The zero-order valence-electron chi connectivity index (χ0n) is 16.0. The van der Waals surface area contributed by atoms with Gasteiger partial charge in [-0.15, -0.1) is 11.3 Å². The number of nitrogens with zero attached hydrogens (tertiary/aromatic N) is 2. The van der Waals surface area contributed by atoms with Gasteiger partial charge in [-0.05, 0) is 36.8 Å². The fourth-order valence-corrected chi connectivity index (χ4v) is 5.07. The summed E-state index contributed by atoms with van der Waals surface area (Å²) >= 11 is 1.62. The molecule has 3 aromatic rings. The number of fused-ring (bicyclic) bond motifs is 3. The molecular formula is C21H23N3O3S. The summed E-state index contributed by atoms with van der Waals surface area (Å²) in [6, 6.07) is 7.53. The Morgan fingerprint density at radius 2 is 2.21 bits per heavy atom. The molecule has 0 bridgehead atoms. The summed E-state index contributed by atoms with van der Waals surface area (Å²) in [5, 5.41) is 3.56. The minimum absolute atomic E-state index is 0.0437. The second-order valence-electron chi connectivity index (χ2n) is 7.30. The SMILES string of the molecule is COc1ccccc1CNC(=O)Cn1cnc2sc3c(c2c1=O)CC[C@H](C)C3. The highest BCUT2D eigenvalue weighted by Crippen LogP contribution is 2.35. The maximum absolute atomic E-state index is 13.0. The third kappa shape index (κ3) is 3.54. The number of nitrogens with one attached hydrogen (secondary N) is 1. The van der Waals surface area contributed by atoms with E-state index in [4.69, 9.17) is 4.74 Å². The number of rotatable bonds is 5. The van der Waals surface area contributed by atoms with Crippen molar-refractivity contribution in [1.82, 2.24) is 14.9 Å². The number of carbonyl (C=O) groups excluding carboxylic acids is 1. The molecule has 2 aromatic heterocycles. The number of amides is 1. The average Bonchev–Trinajstić information content (AvgIpc) is 3.07. The second kappa shape index (κ2) is 7.75. The van der Waals surface area contributed by atoms with Crippen molar-refractivity contribution < 1.29 is 9.53 Å². The molecule has 0 aliphatic heterocycles. The molecule has 0 saturated carbocycles. The summed E-state index contributed by atoms with van der Waals surface area (Å²) in [6.07, 6.45) is 4.50. The number of thiophene rings is 1. The van der Waals surface area contributed by atoms with E-state index in [1.54, 1.807) is 18.4 Å². The minimum atomic E-state index is -0.230. The molecule has 2 heterocycles. The van der Waals surface area contributed by atoms with Crippen LogP contribution < -0.4 is 15.6 Å². The van der Waals surface area contributed by atoms with E-state index in [9.17, 15) is 9.59 Å². The Morgan fingerprint density at radius 1 is 1.39 bits per heavy atom. The molecule has 28 heavy (non-hydrogen) atoms. The highest BCUT2D eigenvalue weighted by atomic mass is 32.1. The molecular weight excluding hydrogens is 374 g/mol. The number of carbonyl (C=O) groups is 1. The van der Waals surface area contributed by atoms with Crippen molar-refractivity contribution in [2.24, 2.45) is 5.92 Å². The molecule has 4 rings (SSSR count). The molecule has 1 aromatic carbocycles. The van der Waals surface area contributed by atoms with Crippen molar-refractivity contribution in [3.8, 4) is 5.75 Å². The van der Waals surface area contributed by atoms with E-state index in [1.165, 1.54) is 15.8 Å². The molecule has 0 radical (unpaired) electrons. The van der Waals surface area contributed by atoms with E-state index in [0.717, 1.165) is 41.0 Å². The van der Waals surface area contributed by atoms with E-state index in [0.29, 0.717) is 17.8 Å². The average molecular weight is 398 g/mol. The monoisotopic (exact) mass is 397 g/mol. The predicted octanol–water partition coefficient (Wildman–Crippen LogP) is 2.91. The van der Waals surface area contributed by atoms with Crippen molar-refractivity contribution in [3.63, 3.8) is 0 Å². The Morgan fingerprint density at radius 3 is 3.04 bits per heavy atom. The molecule has 0 spiro atoms. The third-order valence-corrected chi connectivity index (χ3v) is 6.43. The number of hydrogen-bond acceptors (Lipinski definition) is 5. The highest BCUT2D eigenvalue weighted by molar-refractivity contribution is 7.18. The second-order valence-corrected chi connectivity index (χ2v) is 8.38. The van der Waals surface area contributed by atoms with Crippen LogP contribution in [0.5, 0.6) is 5.75 Å². The number of methoxy groups -OCH3 is 1. The van der Waals surface area contributed by atoms with Crippen molar-refractivity contribution >= 4 is 27.5 Å². The van der Waals surface area contributed by atoms with E-state index in [-0.39, 0.29) is 18.0 Å². The van der Waals surface area contributed by atoms with E-state index in [2.05, 4.69) is 17.2 Å².